The average Bonchev–Trinajstić information content (AvgIpc) is 3.24. The predicted molar refractivity (Wildman–Crippen MR) is 106 cm³/mol. The van der Waals surface area contributed by atoms with Crippen molar-refractivity contribution in [1.29, 1.82) is 0 Å². The zero-order chi connectivity index (χ0) is 21.3. The van der Waals surface area contributed by atoms with Gasteiger partial charge in [-0.1, -0.05) is 23.7 Å². The molecule has 10 heteroatoms. The van der Waals surface area contributed by atoms with Gasteiger partial charge in [-0.3, -0.25) is 9.48 Å². The molecule has 0 aliphatic heterocycles. The fourth-order valence-electron chi connectivity index (χ4n) is 2.86. The number of carbonyl (C=O) groups is 1. The van der Waals surface area contributed by atoms with Gasteiger partial charge in [-0.15, -0.1) is 11.3 Å². The largest absolute Gasteiger partial charge is 0.433 e. The third-order valence-corrected chi connectivity index (χ3v) is 5.38. The van der Waals surface area contributed by atoms with E-state index >= 15 is 0 Å². The third-order valence-electron chi connectivity index (χ3n) is 4.16. The molecule has 0 fully saturated rings. The fraction of sp³-hybridized carbons (Fsp3) is 0.316. The first-order chi connectivity index (χ1) is 13.6. The summed E-state index contributed by atoms with van der Waals surface area (Å²) in [5, 5.41) is 7.45. The van der Waals surface area contributed by atoms with Gasteiger partial charge in [0, 0.05) is 21.5 Å². The Morgan fingerprint density at radius 3 is 2.52 bits per heavy atom. The Bertz CT molecular complexity index is 1030. The smallest absolute Gasteiger partial charge is 0.345 e. The summed E-state index contributed by atoms with van der Waals surface area (Å²) in [5.74, 6) is -0.842. The first kappa shape index (κ1) is 21.3. The maximum Gasteiger partial charge on any atom is 0.433 e. The summed E-state index contributed by atoms with van der Waals surface area (Å²) in [6.45, 7) is 5.05. The highest BCUT2D eigenvalue weighted by Gasteiger charge is 2.40. The van der Waals surface area contributed by atoms with E-state index < -0.39 is 29.4 Å². The molecule has 154 valence electrons. The number of nitrogens with one attached hydrogen (secondary N) is 1. The molecule has 0 bridgehead atoms. The van der Waals surface area contributed by atoms with Gasteiger partial charge in [0.2, 0.25) is 0 Å². The highest BCUT2D eigenvalue weighted by Crippen LogP contribution is 2.34. The van der Waals surface area contributed by atoms with Crippen molar-refractivity contribution < 1.29 is 18.0 Å². The van der Waals surface area contributed by atoms with Crippen LogP contribution in [0, 0.1) is 6.92 Å². The van der Waals surface area contributed by atoms with E-state index in [2.05, 4.69) is 15.4 Å². The van der Waals surface area contributed by atoms with Gasteiger partial charge in [-0.2, -0.15) is 18.3 Å². The van der Waals surface area contributed by atoms with Crippen molar-refractivity contribution in [3.8, 4) is 11.3 Å². The molecule has 0 aliphatic carbocycles. The summed E-state index contributed by atoms with van der Waals surface area (Å²) >= 11 is 7.27. The SMILES string of the molecule is Cc1sc(CNC(=O)c2cnn(C(C)C)c2C(F)(F)F)nc1-c1ccc(Cl)cc1. The van der Waals surface area contributed by atoms with Crippen LogP contribution in [-0.2, 0) is 12.7 Å². The highest BCUT2D eigenvalue weighted by molar-refractivity contribution is 7.12. The van der Waals surface area contributed by atoms with Crippen molar-refractivity contribution in [2.45, 2.75) is 39.5 Å². The molecule has 0 radical (unpaired) electrons. The van der Waals surface area contributed by atoms with Crippen LogP contribution >= 0.6 is 22.9 Å². The Hall–Kier alpha value is -2.39. The second-order valence-corrected chi connectivity index (χ2v) is 8.37. The zero-order valence-corrected chi connectivity index (χ0v) is 17.4. The monoisotopic (exact) mass is 442 g/mol. The number of halogens is 4. The van der Waals surface area contributed by atoms with Crippen molar-refractivity contribution in [1.82, 2.24) is 20.1 Å². The molecule has 29 heavy (non-hydrogen) atoms. The normalized spacial score (nSPS) is 11.9. The average molecular weight is 443 g/mol. The van der Waals surface area contributed by atoms with Crippen molar-refractivity contribution >= 4 is 28.8 Å². The maximum absolute atomic E-state index is 13.4. The summed E-state index contributed by atoms with van der Waals surface area (Å²) in [7, 11) is 0. The summed E-state index contributed by atoms with van der Waals surface area (Å²) in [6, 6.07) is 6.65. The number of hydrogen-bond donors (Lipinski definition) is 1. The quantitative estimate of drug-likeness (QED) is 0.567. The molecule has 0 aliphatic rings. The highest BCUT2D eigenvalue weighted by atomic mass is 35.5. The van der Waals surface area contributed by atoms with Crippen molar-refractivity contribution in [3.05, 3.63) is 56.6 Å². The Morgan fingerprint density at radius 1 is 1.28 bits per heavy atom. The molecule has 3 rings (SSSR count). The standard InChI is InChI=1S/C19H18ClF3N4OS/c1-10(2)27-17(19(21,22)23)14(8-25-27)18(28)24-9-15-26-16(11(3)29-15)12-4-6-13(20)7-5-12/h4-8,10H,9H2,1-3H3,(H,24,28). The minimum absolute atomic E-state index is 0.0160. The molecule has 0 spiro atoms. The van der Waals surface area contributed by atoms with E-state index in [9.17, 15) is 18.0 Å². The number of nitrogens with zero attached hydrogens (tertiary/aromatic N) is 3. The van der Waals surface area contributed by atoms with Gasteiger partial charge >= 0.3 is 6.18 Å². The molecule has 0 unspecified atom stereocenters. The number of benzene rings is 1. The molecular weight excluding hydrogens is 425 g/mol. The van der Waals surface area contributed by atoms with Gasteiger partial charge in [0.1, 0.15) is 5.01 Å². The Balaban J connectivity index is 1.79. The lowest BCUT2D eigenvalue weighted by atomic mass is 10.1. The van der Waals surface area contributed by atoms with Gasteiger partial charge in [0.15, 0.2) is 5.69 Å². The first-order valence-corrected chi connectivity index (χ1v) is 9.92. The Kier molecular flexibility index (Phi) is 6.00. The van der Waals surface area contributed by atoms with Gasteiger partial charge in [-0.05, 0) is 32.9 Å². The molecule has 2 aromatic heterocycles. The van der Waals surface area contributed by atoms with Crippen LogP contribution in [0.2, 0.25) is 5.02 Å². The van der Waals surface area contributed by atoms with Gasteiger partial charge in [-0.25, -0.2) is 4.98 Å². The predicted octanol–water partition coefficient (Wildman–Crippen LogP) is 5.50. The third kappa shape index (κ3) is 4.62. The van der Waals surface area contributed by atoms with Crippen LogP contribution in [0.4, 0.5) is 13.2 Å². The Morgan fingerprint density at radius 2 is 1.93 bits per heavy atom. The number of hydrogen-bond acceptors (Lipinski definition) is 4. The van der Waals surface area contributed by atoms with E-state index in [0.717, 1.165) is 27.0 Å². The molecule has 1 aromatic carbocycles. The van der Waals surface area contributed by atoms with Gasteiger partial charge in [0.25, 0.3) is 5.91 Å². The summed E-state index contributed by atoms with van der Waals surface area (Å²) in [6.07, 6.45) is -3.74. The summed E-state index contributed by atoms with van der Waals surface area (Å²) in [4.78, 5) is 17.8. The van der Waals surface area contributed by atoms with E-state index in [0.29, 0.717) is 10.0 Å². The maximum atomic E-state index is 13.4. The number of rotatable bonds is 5. The van der Waals surface area contributed by atoms with E-state index in [1.165, 1.54) is 11.3 Å². The van der Waals surface area contributed by atoms with Gasteiger partial charge < -0.3 is 5.32 Å². The minimum atomic E-state index is -4.69. The van der Waals surface area contributed by atoms with E-state index in [1.54, 1.807) is 26.0 Å². The first-order valence-electron chi connectivity index (χ1n) is 8.73. The number of carbonyl (C=O) groups excluding carboxylic acids is 1. The molecule has 3 aromatic rings. The van der Waals surface area contributed by atoms with Crippen LogP contribution in [0.3, 0.4) is 0 Å². The van der Waals surface area contributed by atoms with Crippen LogP contribution < -0.4 is 5.32 Å². The molecule has 5 nitrogen and oxygen atoms in total. The van der Waals surface area contributed by atoms with E-state index in [4.69, 9.17) is 11.6 Å². The van der Waals surface area contributed by atoms with Crippen LogP contribution in [-0.4, -0.2) is 20.7 Å². The van der Waals surface area contributed by atoms with Crippen LogP contribution in [0.1, 0.15) is 45.8 Å². The van der Waals surface area contributed by atoms with Gasteiger partial charge in [0.05, 0.1) is 24.0 Å². The lowest BCUT2D eigenvalue weighted by Crippen LogP contribution is -2.26. The number of aryl methyl sites for hydroxylation is 1. The van der Waals surface area contributed by atoms with Crippen molar-refractivity contribution in [2.24, 2.45) is 0 Å². The lowest BCUT2D eigenvalue weighted by molar-refractivity contribution is -0.145. The number of thiazole rings is 1. The van der Waals surface area contributed by atoms with E-state index in [-0.39, 0.29) is 6.54 Å². The van der Waals surface area contributed by atoms with E-state index in [1.807, 2.05) is 19.1 Å². The molecule has 1 N–H and O–H groups in total. The molecular formula is C19H18ClF3N4OS. The van der Waals surface area contributed by atoms with Crippen LogP contribution in [0.25, 0.3) is 11.3 Å². The summed E-state index contributed by atoms with van der Waals surface area (Å²) < 4.78 is 41.1. The number of amides is 1. The zero-order valence-electron chi connectivity index (χ0n) is 15.8. The lowest BCUT2D eigenvalue weighted by Gasteiger charge is -2.14. The molecule has 0 saturated heterocycles. The van der Waals surface area contributed by atoms with Crippen LogP contribution in [0.5, 0.6) is 0 Å². The van der Waals surface area contributed by atoms with Crippen molar-refractivity contribution in [2.75, 3.05) is 0 Å². The Labute approximate surface area is 174 Å². The topological polar surface area (TPSA) is 59.8 Å². The number of aromatic nitrogens is 3. The molecule has 0 atom stereocenters. The minimum Gasteiger partial charge on any atom is -0.345 e. The molecule has 2 heterocycles. The second kappa shape index (κ2) is 8.16. The van der Waals surface area contributed by atoms with Crippen LogP contribution in [0.15, 0.2) is 30.5 Å². The molecule has 1 amide bonds. The van der Waals surface area contributed by atoms with Crippen molar-refractivity contribution in [3.63, 3.8) is 0 Å². The molecule has 0 saturated carbocycles. The fourth-order valence-corrected chi connectivity index (χ4v) is 3.88. The summed E-state index contributed by atoms with van der Waals surface area (Å²) in [5.41, 5.74) is 0.0670. The second-order valence-electron chi connectivity index (χ2n) is 6.64. The number of alkyl halides is 3.